The minimum absolute atomic E-state index is 0.277. The maximum Gasteiger partial charge on any atom is 0.125 e. The Morgan fingerprint density at radius 1 is 1.05 bits per heavy atom. The van der Waals surface area contributed by atoms with Crippen LogP contribution in [0.25, 0.3) is 0 Å². The molecule has 0 heterocycles. The molecule has 0 spiro atoms. The van der Waals surface area contributed by atoms with E-state index < -0.39 is 0 Å². The molecule has 0 aromatic heterocycles. The van der Waals surface area contributed by atoms with Gasteiger partial charge in [-0.3, -0.25) is 0 Å². The number of nitrogens with two attached hydrogens (primary N) is 1. The molecule has 19 heavy (non-hydrogen) atoms. The van der Waals surface area contributed by atoms with Gasteiger partial charge in [0.25, 0.3) is 0 Å². The largest absolute Gasteiger partial charge is 0.397 e. The Labute approximate surface area is 116 Å². The normalized spacial score (nSPS) is 11.0. The van der Waals surface area contributed by atoms with Gasteiger partial charge in [-0.15, -0.1) is 0 Å². The molecule has 1 aromatic carbocycles. The zero-order chi connectivity index (χ0) is 14.3. The fourth-order valence-electron chi connectivity index (χ4n) is 2.29. The fraction of sp³-hybridized carbons (Fsp3) is 0.600. The summed E-state index contributed by atoms with van der Waals surface area (Å²) in [5.41, 5.74) is 7.34. The molecule has 0 bridgehead atoms. The summed E-state index contributed by atoms with van der Waals surface area (Å²) in [6.07, 6.45) is 1.09. The Bertz CT molecular complexity index is 378. The highest BCUT2D eigenvalue weighted by atomic mass is 19.1. The van der Waals surface area contributed by atoms with Gasteiger partial charge in [0.05, 0.1) is 11.4 Å². The average molecular weight is 267 g/mol. The van der Waals surface area contributed by atoms with Crippen LogP contribution in [0, 0.1) is 5.82 Å². The summed E-state index contributed by atoms with van der Waals surface area (Å²) < 4.78 is 13.1. The quantitative estimate of drug-likeness (QED) is 0.735. The first-order chi connectivity index (χ1) is 9.12. The molecule has 3 nitrogen and oxygen atoms in total. The number of benzene rings is 1. The molecule has 0 amide bonds. The minimum Gasteiger partial charge on any atom is -0.397 e. The van der Waals surface area contributed by atoms with E-state index >= 15 is 0 Å². The Balaban J connectivity index is 2.58. The average Bonchev–Trinajstić information content (AvgIpc) is 2.40. The highest BCUT2D eigenvalue weighted by molar-refractivity contribution is 5.67. The molecule has 108 valence electrons. The molecule has 0 radical (unpaired) electrons. The number of nitrogen functional groups attached to an aromatic ring is 1. The molecule has 0 aliphatic rings. The predicted molar refractivity (Wildman–Crippen MR) is 81.1 cm³/mol. The third-order valence-corrected chi connectivity index (χ3v) is 3.51. The second-order valence-corrected chi connectivity index (χ2v) is 4.66. The topological polar surface area (TPSA) is 32.5 Å². The van der Waals surface area contributed by atoms with E-state index in [1.54, 1.807) is 6.07 Å². The van der Waals surface area contributed by atoms with Gasteiger partial charge in [-0.25, -0.2) is 4.39 Å². The molecule has 0 saturated heterocycles. The number of nitrogens with zero attached hydrogens (tertiary/aromatic N) is 2. The molecule has 0 aliphatic carbocycles. The Kier molecular flexibility index (Phi) is 6.64. The zero-order valence-electron chi connectivity index (χ0n) is 12.3. The number of halogens is 1. The summed E-state index contributed by atoms with van der Waals surface area (Å²) in [6, 6.07) is 4.63. The summed E-state index contributed by atoms with van der Waals surface area (Å²) in [4.78, 5) is 4.61. The van der Waals surface area contributed by atoms with Crippen LogP contribution in [0.2, 0.25) is 0 Å². The van der Waals surface area contributed by atoms with Crippen molar-refractivity contribution in [2.24, 2.45) is 0 Å². The number of rotatable bonds is 8. The molecular weight excluding hydrogens is 241 g/mol. The van der Waals surface area contributed by atoms with Crippen molar-refractivity contribution in [2.75, 3.05) is 43.4 Å². The molecule has 0 fully saturated rings. The molecule has 1 aromatic rings. The molecule has 0 atom stereocenters. The molecule has 4 heteroatoms. The van der Waals surface area contributed by atoms with E-state index in [0.717, 1.165) is 44.8 Å². The van der Waals surface area contributed by atoms with Gasteiger partial charge < -0.3 is 15.5 Å². The van der Waals surface area contributed by atoms with Crippen molar-refractivity contribution in [3.63, 3.8) is 0 Å². The third kappa shape index (κ3) is 4.71. The van der Waals surface area contributed by atoms with Crippen LogP contribution in [0.4, 0.5) is 15.8 Å². The smallest absolute Gasteiger partial charge is 0.125 e. The van der Waals surface area contributed by atoms with Crippen LogP contribution < -0.4 is 10.6 Å². The van der Waals surface area contributed by atoms with Crippen LogP contribution in [0.3, 0.4) is 0 Å². The maximum atomic E-state index is 13.1. The Morgan fingerprint density at radius 2 is 1.74 bits per heavy atom. The SMILES string of the molecule is CCN(CC)CCCN(CC)c1ccc(F)cc1N. The van der Waals surface area contributed by atoms with Crippen LogP contribution in [0.1, 0.15) is 27.2 Å². The van der Waals surface area contributed by atoms with Gasteiger partial charge >= 0.3 is 0 Å². The molecule has 2 N–H and O–H groups in total. The van der Waals surface area contributed by atoms with Gasteiger partial charge in [0.15, 0.2) is 0 Å². The number of anilines is 2. The van der Waals surface area contributed by atoms with E-state index in [9.17, 15) is 4.39 Å². The molecule has 1 rings (SSSR count). The van der Waals surface area contributed by atoms with Gasteiger partial charge in [0.2, 0.25) is 0 Å². The molecule has 0 saturated carbocycles. The van der Waals surface area contributed by atoms with Crippen molar-refractivity contribution < 1.29 is 4.39 Å². The Morgan fingerprint density at radius 3 is 2.26 bits per heavy atom. The van der Waals surface area contributed by atoms with Crippen LogP contribution in [0.5, 0.6) is 0 Å². The number of hydrogen-bond acceptors (Lipinski definition) is 3. The van der Waals surface area contributed by atoms with Gasteiger partial charge in [0.1, 0.15) is 5.82 Å². The summed E-state index contributed by atoms with van der Waals surface area (Å²) in [6.45, 7) is 11.5. The van der Waals surface area contributed by atoms with Crippen molar-refractivity contribution in [1.29, 1.82) is 0 Å². The second kappa shape index (κ2) is 8.00. The highest BCUT2D eigenvalue weighted by Crippen LogP contribution is 2.23. The second-order valence-electron chi connectivity index (χ2n) is 4.66. The first kappa shape index (κ1) is 15.8. The van der Waals surface area contributed by atoms with E-state index in [4.69, 9.17) is 5.73 Å². The molecule has 0 aliphatic heterocycles. The molecular formula is C15H26FN3. The van der Waals surface area contributed by atoms with Crippen molar-refractivity contribution in [1.82, 2.24) is 4.90 Å². The lowest BCUT2D eigenvalue weighted by molar-refractivity contribution is 0.301. The standard InChI is InChI=1S/C15H26FN3/c1-4-18(5-2)10-7-11-19(6-3)15-9-8-13(16)12-14(15)17/h8-9,12H,4-7,10-11,17H2,1-3H3. The lowest BCUT2D eigenvalue weighted by Crippen LogP contribution is -2.30. The minimum atomic E-state index is -0.277. The van der Waals surface area contributed by atoms with Crippen LogP contribution in [-0.2, 0) is 0 Å². The van der Waals surface area contributed by atoms with E-state index in [1.807, 2.05) is 0 Å². The van der Waals surface area contributed by atoms with E-state index in [1.165, 1.54) is 12.1 Å². The van der Waals surface area contributed by atoms with E-state index in [0.29, 0.717) is 5.69 Å². The summed E-state index contributed by atoms with van der Waals surface area (Å²) in [7, 11) is 0. The fourth-order valence-corrected chi connectivity index (χ4v) is 2.29. The lowest BCUT2D eigenvalue weighted by Gasteiger charge is -2.26. The monoisotopic (exact) mass is 267 g/mol. The maximum absolute atomic E-state index is 13.1. The first-order valence-corrected chi connectivity index (χ1v) is 7.14. The summed E-state index contributed by atoms with van der Waals surface area (Å²) >= 11 is 0. The zero-order valence-corrected chi connectivity index (χ0v) is 12.3. The van der Waals surface area contributed by atoms with Crippen LogP contribution >= 0.6 is 0 Å². The molecule has 0 unspecified atom stereocenters. The lowest BCUT2D eigenvalue weighted by atomic mass is 10.2. The van der Waals surface area contributed by atoms with Gasteiger partial charge in [-0.05, 0) is 51.2 Å². The van der Waals surface area contributed by atoms with Gasteiger partial charge in [-0.2, -0.15) is 0 Å². The van der Waals surface area contributed by atoms with E-state index in [2.05, 4.69) is 30.6 Å². The van der Waals surface area contributed by atoms with E-state index in [-0.39, 0.29) is 5.82 Å². The first-order valence-electron chi connectivity index (χ1n) is 7.14. The summed E-state index contributed by atoms with van der Waals surface area (Å²) in [5.74, 6) is -0.277. The van der Waals surface area contributed by atoms with Crippen molar-refractivity contribution >= 4 is 11.4 Å². The Hall–Kier alpha value is -1.29. The van der Waals surface area contributed by atoms with Crippen molar-refractivity contribution in [3.05, 3.63) is 24.0 Å². The predicted octanol–water partition coefficient (Wildman–Crippen LogP) is 2.97. The van der Waals surface area contributed by atoms with Gasteiger partial charge in [-0.1, -0.05) is 13.8 Å². The van der Waals surface area contributed by atoms with Crippen LogP contribution in [-0.4, -0.2) is 37.6 Å². The van der Waals surface area contributed by atoms with Crippen molar-refractivity contribution in [3.8, 4) is 0 Å². The number of hydrogen-bond donors (Lipinski definition) is 1. The van der Waals surface area contributed by atoms with Crippen LogP contribution in [0.15, 0.2) is 18.2 Å². The van der Waals surface area contributed by atoms with Gasteiger partial charge in [0, 0.05) is 13.1 Å². The third-order valence-electron chi connectivity index (χ3n) is 3.51. The summed E-state index contributed by atoms with van der Waals surface area (Å²) in [5, 5.41) is 0. The van der Waals surface area contributed by atoms with Crippen molar-refractivity contribution in [2.45, 2.75) is 27.2 Å². The highest BCUT2D eigenvalue weighted by Gasteiger charge is 2.09.